The second-order valence-corrected chi connectivity index (χ2v) is 10.8. The molecule has 0 spiro atoms. The van der Waals surface area contributed by atoms with Crippen LogP contribution < -0.4 is 15.4 Å². The maximum absolute atomic E-state index is 14.3. The van der Waals surface area contributed by atoms with E-state index >= 15 is 0 Å². The fraction of sp³-hybridized carbons (Fsp3) is 0.344. The average Bonchev–Trinajstić information content (AvgIpc) is 2.91. The summed E-state index contributed by atoms with van der Waals surface area (Å²) in [5, 5.41) is 5.71. The molecule has 0 aliphatic rings. The van der Waals surface area contributed by atoms with E-state index in [1.807, 2.05) is 74.5 Å². The molecule has 0 saturated carbocycles. The number of ether oxygens (including phenoxy) is 2. The van der Waals surface area contributed by atoms with E-state index in [4.69, 9.17) is 9.47 Å². The van der Waals surface area contributed by atoms with Gasteiger partial charge in [0.2, 0.25) is 5.91 Å². The lowest BCUT2D eigenvalue weighted by molar-refractivity contribution is -0.142. The van der Waals surface area contributed by atoms with E-state index in [0.717, 1.165) is 5.56 Å². The third-order valence-corrected chi connectivity index (χ3v) is 6.08. The number of anilines is 1. The number of carbonyl (C=O) groups excluding carboxylic acids is 3. The summed E-state index contributed by atoms with van der Waals surface area (Å²) in [6.45, 7) is 8.98. The van der Waals surface area contributed by atoms with Crippen LogP contribution in [-0.4, -0.2) is 47.6 Å². The van der Waals surface area contributed by atoms with E-state index in [1.165, 1.54) is 4.90 Å². The van der Waals surface area contributed by atoms with Gasteiger partial charge in [-0.05, 0) is 70.0 Å². The summed E-state index contributed by atoms with van der Waals surface area (Å²) >= 11 is 0. The number of benzene rings is 3. The van der Waals surface area contributed by atoms with Crippen LogP contribution in [-0.2, 0) is 20.7 Å². The number of amides is 3. The van der Waals surface area contributed by atoms with Crippen molar-refractivity contribution in [3.63, 3.8) is 0 Å². The van der Waals surface area contributed by atoms with Crippen LogP contribution >= 0.6 is 0 Å². The zero-order chi connectivity index (χ0) is 29.3. The molecule has 2 unspecified atom stereocenters. The minimum atomic E-state index is -0.973. The Morgan fingerprint density at radius 2 is 1.43 bits per heavy atom. The van der Waals surface area contributed by atoms with E-state index in [1.54, 1.807) is 52.1 Å². The lowest BCUT2D eigenvalue weighted by atomic mass is 9.99. The summed E-state index contributed by atoms with van der Waals surface area (Å²) < 4.78 is 10.7. The maximum Gasteiger partial charge on any atom is 0.408 e. The molecule has 212 valence electrons. The van der Waals surface area contributed by atoms with Gasteiger partial charge < -0.3 is 25.0 Å². The first-order valence-electron chi connectivity index (χ1n) is 13.3. The standard InChI is InChI=1S/C32H39N3O5/c1-22(2)35(30(37)27(21-23-13-9-7-10-14-23)34-31(38)40-32(3,4)5)28(24-15-11-8-12-16-24)29(36)33-25-17-19-26(39-6)20-18-25/h7-20,22,27-28H,21H2,1-6H3,(H,33,36)(H,34,38). The van der Waals surface area contributed by atoms with E-state index in [-0.39, 0.29) is 18.4 Å². The van der Waals surface area contributed by atoms with Gasteiger partial charge in [-0.1, -0.05) is 60.7 Å². The maximum atomic E-state index is 14.3. The van der Waals surface area contributed by atoms with Crippen molar-refractivity contribution in [3.05, 3.63) is 96.1 Å². The number of nitrogens with zero attached hydrogens (tertiary/aromatic N) is 1. The topological polar surface area (TPSA) is 97.0 Å². The van der Waals surface area contributed by atoms with Crippen LogP contribution in [0.5, 0.6) is 5.75 Å². The van der Waals surface area contributed by atoms with Gasteiger partial charge in [0.25, 0.3) is 5.91 Å². The van der Waals surface area contributed by atoms with Crippen molar-refractivity contribution in [2.45, 2.75) is 64.8 Å². The third-order valence-electron chi connectivity index (χ3n) is 6.08. The molecule has 0 aromatic heterocycles. The van der Waals surface area contributed by atoms with Crippen molar-refractivity contribution >= 4 is 23.6 Å². The summed E-state index contributed by atoms with van der Waals surface area (Å²) in [7, 11) is 1.57. The lowest BCUT2D eigenvalue weighted by Crippen LogP contribution is -2.55. The van der Waals surface area contributed by atoms with Gasteiger partial charge in [-0.15, -0.1) is 0 Å². The summed E-state index contributed by atoms with van der Waals surface area (Å²) in [4.78, 5) is 42.5. The van der Waals surface area contributed by atoms with Crippen molar-refractivity contribution in [1.29, 1.82) is 0 Å². The van der Waals surface area contributed by atoms with Crippen molar-refractivity contribution in [1.82, 2.24) is 10.2 Å². The molecular weight excluding hydrogens is 506 g/mol. The Hall–Kier alpha value is -4.33. The van der Waals surface area contributed by atoms with Gasteiger partial charge >= 0.3 is 6.09 Å². The Bertz CT molecular complexity index is 1260. The molecule has 0 fully saturated rings. The van der Waals surface area contributed by atoms with Gasteiger partial charge in [0.1, 0.15) is 23.4 Å². The van der Waals surface area contributed by atoms with Crippen molar-refractivity contribution in [2.75, 3.05) is 12.4 Å². The second kappa shape index (κ2) is 13.6. The highest BCUT2D eigenvalue weighted by molar-refractivity contribution is 5.99. The predicted molar refractivity (Wildman–Crippen MR) is 156 cm³/mol. The zero-order valence-corrected chi connectivity index (χ0v) is 24.0. The van der Waals surface area contributed by atoms with Gasteiger partial charge in [-0.3, -0.25) is 9.59 Å². The molecule has 0 radical (unpaired) electrons. The van der Waals surface area contributed by atoms with Gasteiger partial charge in [0, 0.05) is 18.2 Å². The molecule has 0 bridgehead atoms. The minimum absolute atomic E-state index is 0.226. The Balaban J connectivity index is 2.00. The molecule has 3 aromatic carbocycles. The first-order chi connectivity index (χ1) is 19.0. The molecule has 3 aromatic rings. The van der Waals surface area contributed by atoms with Crippen molar-refractivity contribution < 1.29 is 23.9 Å². The van der Waals surface area contributed by atoms with E-state index in [0.29, 0.717) is 17.0 Å². The second-order valence-electron chi connectivity index (χ2n) is 10.8. The smallest absolute Gasteiger partial charge is 0.408 e. The summed E-state index contributed by atoms with van der Waals surface area (Å²) in [6, 6.07) is 23.2. The summed E-state index contributed by atoms with van der Waals surface area (Å²) in [5.41, 5.74) is 1.33. The van der Waals surface area contributed by atoms with Gasteiger partial charge in [0.05, 0.1) is 7.11 Å². The van der Waals surface area contributed by atoms with Crippen molar-refractivity contribution in [3.8, 4) is 5.75 Å². The highest BCUT2D eigenvalue weighted by Crippen LogP contribution is 2.27. The molecule has 8 nitrogen and oxygen atoms in total. The van der Waals surface area contributed by atoms with Gasteiger partial charge in [-0.25, -0.2) is 4.79 Å². The molecular formula is C32H39N3O5. The molecule has 0 heterocycles. The van der Waals surface area contributed by atoms with Crippen LogP contribution in [0.4, 0.5) is 10.5 Å². The molecule has 40 heavy (non-hydrogen) atoms. The Labute approximate surface area is 236 Å². The SMILES string of the molecule is COc1ccc(NC(=O)C(c2ccccc2)N(C(=O)C(Cc2ccccc2)NC(=O)OC(C)(C)C)C(C)C)cc1. The highest BCUT2D eigenvalue weighted by atomic mass is 16.6. The Kier molecular flexibility index (Phi) is 10.3. The fourth-order valence-electron chi connectivity index (χ4n) is 4.32. The number of methoxy groups -OCH3 is 1. The number of hydrogen-bond acceptors (Lipinski definition) is 5. The van der Waals surface area contributed by atoms with Crippen LogP contribution in [0.2, 0.25) is 0 Å². The van der Waals surface area contributed by atoms with Gasteiger partial charge in [-0.2, -0.15) is 0 Å². The van der Waals surface area contributed by atoms with E-state index in [2.05, 4.69) is 10.6 Å². The quantitative estimate of drug-likeness (QED) is 0.338. The monoisotopic (exact) mass is 545 g/mol. The van der Waals surface area contributed by atoms with Crippen LogP contribution in [0.3, 0.4) is 0 Å². The average molecular weight is 546 g/mol. The molecule has 0 aliphatic heterocycles. The fourth-order valence-corrected chi connectivity index (χ4v) is 4.32. The minimum Gasteiger partial charge on any atom is -0.497 e. The number of hydrogen-bond donors (Lipinski definition) is 2. The van der Waals surface area contributed by atoms with Crippen LogP contribution in [0, 0.1) is 0 Å². The first-order valence-corrected chi connectivity index (χ1v) is 13.3. The molecule has 2 atom stereocenters. The molecule has 0 aliphatic carbocycles. The van der Waals surface area contributed by atoms with E-state index < -0.39 is 29.7 Å². The van der Waals surface area contributed by atoms with Crippen molar-refractivity contribution in [2.24, 2.45) is 0 Å². The lowest BCUT2D eigenvalue weighted by Gasteiger charge is -2.37. The number of nitrogens with one attached hydrogen (secondary N) is 2. The molecule has 0 saturated heterocycles. The van der Waals surface area contributed by atoms with E-state index in [9.17, 15) is 14.4 Å². The first kappa shape index (κ1) is 30.2. The zero-order valence-electron chi connectivity index (χ0n) is 24.0. The van der Waals surface area contributed by atoms with Crippen LogP contribution in [0.1, 0.15) is 51.8 Å². The molecule has 3 amide bonds. The number of rotatable bonds is 10. The molecule has 8 heteroatoms. The normalized spacial score (nSPS) is 12.7. The number of alkyl carbamates (subject to hydrolysis) is 1. The largest absolute Gasteiger partial charge is 0.497 e. The third kappa shape index (κ3) is 8.59. The highest BCUT2D eigenvalue weighted by Gasteiger charge is 2.38. The Morgan fingerprint density at radius 1 is 0.850 bits per heavy atom. The summed E-state index contributed by atoms with van der Waals surface area (Å²) in [6.07, 6.45) is -0.478. The van der Waals surface area contributed by atoms with Gasteiger partial charge in [0.15, 0.2) is 0 Å². The van der Waals surface area contributed by atoms with Crippen LogP contribution in [0.15, 0.2) is 84.9 Å². The number of carbonyl (C=O) groups is 3. The predicted octanol–water partition coefficient (Wildman–Crippen LogP) is 5.75. The molecule has 3 rings (SSSR count). The molecule has 2 N–H and O–H groups in total. The Morgan fingerprint density at radius 3 is 1.95 bits per heavy atom. The summed E-state index contributed by atoms with van der Waals surface area (Å²) in [5.74, 6) is -0.119. The van der Waals surface area contributed by atoms with Crippen LogP contribution in [0.25, 0.3) is 0 Å².